The van der Waals surface area contributed by atoms with Crippen LogP contribution in [0.1, 0.15) is 23.2 Å². The quantitative estimate of drug-likeness (QED) is 0.654. The van der Waals surface area contributed by atoms with Gasteiger partial charge in [-0.2, -0.15) is 0 Å². The van der Waals surface area contributed by atoms with E-state index in [4.69, 9.17) is 4.74 Å². The maximum absolute atomic E-state index is 13.9. The first kappa shape index (κ1) is 19.9. The van der Waals surface area contributed by atoms with Crippen molar-refractivity contribution < 1.29 is 23.8 Å². The molecule has 156 valence electrons. The predicted molar refractivity (Wildman–Crippen MR) is 110 cm³/mol. The number of benzene rings is 2. The minimum atomic E-state index is -0.942. The van der Waals surface area contributed by atoms with Crippen molar-refractivity contribution in [2.24, 2.45) is 0 Å². The second kappa shape index (κ2) is 8.18. The van der Waals surface area contributed by atoms with Crippen molar-refractivity contribution in [2.45, 2.75) is 38.8 Å². The highest BCUT2D eigenvalue weighted by atomic mass is 19.1. The number of fused-ring (bicyclic) bond motifs is 3. The van der Waals surface area contributed by atoms with Crippen molar-refractivity contribution in [1.82, 2.24) is 9.88 Å². The van der Waals surface area contributed by atoms with Gasteiger partial charge >= 0.3 is 5.97 Å². The van der Waals surface area contributed by atoms with E-state index in [0.29, 0.717) is 35.9 Å². The maximum atomic E-state index is 13.9. The molecule has 1 aliphatic carbocycles. The molecule has 0 aliphatic heterocycles. The van der Waals surface area contributed by atoms with Gasteiger partial charge in [0.15, 0.2) is 6.61 Å². The summed E-state index contributed by atoms with van der Waals surface area (Å²) >= 11 is 0. The molecule has 0 fully saturated rings. The SMILES string of the molecule is Cc1ccc(OCC(=O)N[C@@H]2CCc3c(c4cc(F)ccc4n3CC(=O)O)C2)cc1. The number of carbonyl (C=O) groups is 2. The molecule has 0 saturated heterocycles. The molecule has 0 spiro atoms. The lowest BCUT2D eigenvalue weighted by Crippen LogP contribution is -2.41. The van der Waals surface area contributed by atoms with Crippen LogP contribution in [-0.2, 0) is 29.0 Å². The number of ether oxygens (including phenoxy) is 1. The van der Waals surface area contributed by atoms with Crippen molar-refractivity contribution in [1.29, 1.82) is 0 Å². The highest BCUT2D eigenvalue weighted by Gasteiger charge is 2.27. The second-order valence-electron chi connectivity index (χ2n) is 7.68. The maximum Gasteiger partial charge on any atom is 0.323 e. The van der Waals surface area contributed by atoms with E-state index in [0.717, 1.165) is 16.8 Å². The van der Waals surface area contributed by atoms with E-state index < -0.39 is 5.97 Å². The number of nitrogens with zero attached hydrogens (tertiary/aromatic N) is 1. The van der Waals surface area contributed by atoms with Crippen LogP contribution in [0.4, 0.5) is 4.39 Å². The fourth-order valence-electron chi connectivity index (χ4n) is 4.11. The van der Waals surface area contributed by atoms with Gasteiger partial charge in [0.05, 0.1) is 0 Å². The molecule has 0 radical (unpaired) electrons. The average Bonchev–Trinajstić information content (AvgIpc) is 2.99. The Morgan fingerprint density at radius 1 is 1.23 bits per heavy atom. The number of carboxylic acids is 1. The number of aryl methyl sites for hydroxylation is 1. The molecular weight excluding hydrogens is 387 g/mol. The number of aliphatic carboxylic acids is 1. The summed E-state index contributed by atoms with van der Waals surface area (Å²) in [4.78, 5) is 23.7. The summed E-state index contributed by atoms with van der Waals surface area (Å²) in [6, 6.07) is 11.8. The molecule has 3 aromatic rings. The summed E-state index contributed by atoms with van der Waals surface area (Å²) < 4.78 is 21.1. The first-order valence-electron chi connectivity index (χ1n) is 9.91. The normalized spacial score (nSPS) is 15.6. The predicted octanol–water partition coefficient (Wildman–Crippen LogP) is 3.23. The highest BCUT2D eigenvalue weighted by molar-refractivity contribution is 5.87. The fraction of sp³-hybridized carbons (Fsp3) is 0.304. The number of amides is 1. The van der Waals surface area contributed by atoms with E-state index in [1.807, 2.05) is 31.2 Å². The van der Waals surface area contributed by atoms with Crippen LogP contribution >= 0.6 is 0 Å². The van der Waals surface area contributed by atoms with Gasteiger partial charge in [0, 0.05) is 22.6 Å². The summed E-state index contributed by atoms with van der Waals surface area (Å²) in [7, 11) is 0. The van der Waals surface area contributed by atoms with Gasteiger partial charge in [0.1, 0.15) is 18.1 Å². The first-order valence-corrected chi connectivity index (χ1v) is 9.91. The second-order valence-corrected chi connectivity index (χ2v) is 7.68. The molecular formula is C23H23FN2O4. The Morgan fingerprint density at radius 2 is 2.00 bits per heavy atom. The molecule has 1 aromatic heterocycles. The van der Waals surface area contributed by atoms with Crippen LogP contribution in [0.3, 0.4) is 0 Å². The minimum absolute atomic E-state index is 0.0815. The Morgan fingerprint density at radius 3 is 2.73 bits per heavy atom. The molecule has 6 nitrogen and oxygen atoms in total. The zero-order valence-corrected chi connectivity index (χ0v) is 16.7. The molecule has 0 unspecified atom stereocenters. The van der Waals surface area contributed by atoms with E-state index >= 15 is 0 Å². The zero-order valence-electron chi connectivity index (χ0n) is 16.7. The smallest absolute Gasteiger partial charge is 0.323 e. The van der Waals surface area contributed by atoms with Crippen LogP contribution in [0.5, 0.6) is 5.75 Å². The Kier molecular flexibility index (Phi) is 5.44. The van der Waals surface area contributed by atoms with Crippen molar-refractivity contribution in [3.63, 3.8) is 0 Å². The topological polar surface area (TPSA) is 80.6 Å². The van der Waals surface area contributed by atoms with E-state index in [-0.39, 0.29) is 30.9 Å². The molecule has 7 heteroatoms. The third-order valence-electron chi connectivity index (χ3n) is 5.48. The van der Waals surface area contributed by atoms with E-state index in [1.54, 1.807) is 10.6 Å². The number of hydrogen-bond acceptors (Lipinski definition) is 3. The molecule has 2 aromatic carbocycles. The van der Waals surface area contributed by atoms with Gasteiger partial charge < -0.3 is 19.7 Å². The third-order valence-corrected chi connectivity index (χ3v) is 5.48. The average molecular weight is 410 g/mol. The Bertz CT molecular complexity index is 1100. The van der Waals surface area contributed by atoms with Crippen molar-refractivity contribution >= 4 is 22.8 Å². The molecule has 1 atom stereocenters. The van der Waals surface area contributed by atoms with Gasteiger partial charge in [0.25, 0.3) is 5.91 Å². The van der Waals surface area contributed by atoms with Gasteiger partial charge in [-0.3, -0.25) is 9.59 Å². The summed E-state index contributed by atoms with van der Waals surface area (Å²) in [6.07, 6.45) is 1.82. The Labute approximate surface area is 173 Å². The molecule has 1 aliphatic rings. The lowest BCUT2D eigenvalue weighted by Gasteiger charge is -2.25. The third kappa shape index (κ3) is 4.15. The van der Waals surface area contributed by atoms with Gasteiger partial charge in [-0.05, 0) is 62.1 Å². The molecule has 0 bridgehead atoms. The summed E-state index contributed by atoms with van der Waals surface area (Å²) in [5.41, 5.74) is 3.63. The zero-order chi connectivity index (χ0) is 21.3. The van der Waals surface area contributed by atoms with Crippen LogP contribution in [0.15, 0.2) is 42.5 Å². The van der Waals surface area contributed by atoms with Gasteiger partial charge in [-0.15, -0.1) is 0 Å². The number of hydrogen-bond donors (Lipinski definition) is 2. The van der Waals surface area contributed by atoms with Crippen LogP contribution in [0.2, 0.25) is 0 Å². The summed E-state index contributed by atoms with van der Waals surface area (Å²) in [5, 5.41) is 13.0. The summed E-state index contributed by atoms with van der Waals surface area (Å²) in [6.45, 7) is 1.73. The van der Waals surface area contributed by atoms with E-state index in [9.17, 15) is 19.1 Å². The fourth-order valence-corrected chi connectivity index (χ4v) is 4.11. The van der Waals surface area contributed by atoms with Crippen LogP contribution in [0, 0.1) is 12.7 Å². The van der Waals surface area contributed by atoms with Gasteiger partial charge in [-0.1, -0.05) is 17.7 Å². The van der Waals surface area contributed by atoms with Crippen molar-refractivity contribution in [3.05, 3.63) is 65.1 Å². The van der Waals surface area contributed by atoms with Crippen molar-refractivity contribution in [2.75, 3.05) is 6.61 Å². The van der Waals surface area contributed by atoms with Gasteiger partial charge in [0.2, 0.25) is 0 Å². The number of aromatic nitrogens is 1. The number of nitrogens with one attached hydrogen (secondary N) is 1. The summed E-state index contributed by atoms with van der Waals surface area (Å²) in [5.74, 6) is -0.892. The Balaban J connectivity index is 1.48. The lowest BCUT2D eigenvalue weighted by molar-refractivity contribution is -0.137. The first-order chi connectivity index (χ1) is 14.4. The monoisotopic (exact) mass is 410 g/mol. The Hall–Kier alpha value is -3.35. The number of halogens is 1. The largest absolute Gasteiger partial charge is 0.484 e. The molecule has 30 heavy (non-hydrogen) atoms. The van der Waals surface area contributed by atoms with E-state index in [2.05, 4.69) is 5.32 Å². The number of rotatable bonds is 6. The minimum Gasteiger partial charge on any atom is -0.484 e. The standard InChI is InChI=1S/C23H23FN2O4/c1-14-2-6-17(7-3-14)30-13-22(27)25-16-5-9-21-19(11-16)18-10-15(24)4-8-20(18)26(21)12-23(28)29/h2-4,6-8,10,16H,5,9,11-13H2,1H3,(H,25,27)(H,28,29)/t16-/m1/s1. The molecule has 1 heterocycles. The van der Waals surface area contributed by atoms with Gasteiger partial charge in [-0.25, -0.2) is 4.39 Å². The lowest BCUT2D eigenvalue weighted by atomic mass is 9.91. The molecule has 1 amide bonds. The van der Waals surface area contributed by atoms with Crippen LogP contribution < -0.4 is 10.1 Å². The number of carboxylic acid groups (broad SMARTS) is 1. The van der Waals surface area contributed by atoms with Crippen LogP contribution in [-0.4, -0.2) is 34.2 Å². The van der Waals surface area contributed by atoms with Crippen molar-refractivity contribution in [3.8, 4) is 5.75 Å². The van der Waals surface area contributed by atoms with E-state index in [1.165, 1.54) is 12.1 Å². The highest BCUT2D eigenvalue weighted by Crippen LogP contribution is 2.33. The van der Waals surface area contributed by atoms with Crippen LogP contribution in [0.25, 0.3) is 10.9 Å². The molecule has 0 saturated carbocycles. The number of carbonyl (C=O) groups excluding carboxylic acids is 1. The molecule has 2 N–H and O–H groups in total. The molecule has 4 rings (SSSR count).